The van der Waals surface area contributed by atoms with E-state index in [0.29, 0.717) is 0 Å². The van der Waals surface area contributed by atoms with Crippen LogP contribution >= 0.6 is 0 Å². The summed E-state index contributed by atoms with van der Waals surface area (Å²) < 4.78 is 26.6. The van der Waals surface area contributed by atoms with Crippen molar-refractivity contribution in [3.63, 3.8) is 0 Å². The van der Waals surface area contributed by atoms with Crippen LogP contribution in [-0.4, -0.2) is 30.7 Å². The highest BCUT2D eigenvalue weighted by molar-refractivity contribution is 4.49. The topological polar surface area (TPSA) is 69.2 Å². The summed E-state index contributed by atoms with van der Waals surface area (Å²) in [6.45, 7) is 15.0. The maximum Gasteiger partial charge on any atom is 0.0786 e. The summed E-state index contributed by atoms with van der Waals surface area (Å²) in [5.41, 5.74) is 0. The van der Waals surface area contributed by atoms with Crippen LogP contribution in [0.15, 0.2) is 0 Å². The number of rotatable bonds is 12. The molecule has 0 aliphatic rings. The minimum Gasteiger partial charge on any atom is -0.357 e. The molecule has 130 valence electrons. The standard InChI is InChI=1S/C16H36N.ClO3/c1-5-9-13-17(14-10-6-2,15-11-7-3)16-12-8-4;2-1(3)4/h5-16H2,1-4H3;/q+1;-1. The molecule has 5 heteroatoms. The summed E-state index contributed by atoms with van der Waals surface area (Å²) in [7, 11) is -2.85. The van der Waals surface area contributed by atoms with Gasteiger partial charge in [-0.3, -0.25) is 0 Å². The summed E-state index contributed by atoms with van der Waals surface area (Å²) in [4.78, 5) is 0. The van der Waals surface area contributed by atoms with E-state index < -0.39 is 10.8 Å². The second-order valence-corrected chi connectivity index (χ2v) is 6.22. The fourth-order valence-corrected chi connectivity index (χ4v) is 2.64. The van der Waals surface area contributed by atoms with E-state index in [1.54, 1.807) is 0 Å². The van der Waals surface area contributed by atoms with Crippen LogP contribution in [0.5, 0.6) is 0 Å². The van der Waals surface area contributed by atoms with Crippen LogP contribution in [0.1, 0.15) is 79.1 Å². The van der Waals surface area contributed by atoms with E-state index in [1.165, 1.54) is 82.0 Å². The second-order valence-electron chi connectivity index (χ2n) is 5.84. The molecule has 0 atom stereocenters. The Kier molecular flexibility index (Phi) is 18.4. The maximum absolute atomic E-state index is 8.41. The van der Waals surface area contributed by atoms with E-state index in [0.717, 1.165) is 0 Å². The summed E-state index contributed by atoms with van der Waals surface area (Å²) in [6.07, 6.45) is 11.1. The zero-order valence-electron chi connectivity index (χ0n) is 14.5. The van der Waals surface area contributed by atoms with Gasteiger partial charge in [0.2, 0.25) is 0 Å². The highest BCUT2D eigenvalue weighted by Crippen LogP contribution is 2.16. The van der Waals surface area contributed by atoms with Crippen molar-refractivity contribution < 1.29 is 29.2 Å². The molecule has 0 saturated heterocycles. The van der Waals surface area contributed by atoms with Crippen molar-refractivity contribution >= 4 is 0 Å². The molecule has 0 N–H and O–H groups in total. The zero-order chi connectivity index (χ0) is 16.6. The van der Waals surface area contributed by atoms with Gasteiger partial charge in [0.25, 0.3) is 0 Å². The Morgan fingerprint density at radius 1 is 0.571 bits per heavy atom. The molecule has 0 heterocycles. The normalized spacial score (nSPS) is 11.4. The molecule has 0 aromatic carbocycles. The maximum atomic E-state index is 8.41. The van der Waals surface area contributed by atoms with E-state index in [-0.39, 0.29) is 0 Å². The molecule has 0 spiro atoms. The molecule has 0 amide bonds. The fraction of sp³-hybridized carbons (Fsp3) is 1.00. The quantitative estimate of drug-likeness (QED) is 0.510. The predicted octanol–water partition coefficient (Wildman–Crippen LogP) is 1.44. The van der Waals surface area contributed by atoms with Crippen molar-refractivity contribution in [1.82, 2.24) is 0 Å². The van der Waals surface area contributed by atoms with Crippen LogP contribution in [-0.2, 0) is 0 Å². The Labute approximate surface area is 135 Å². The lowest BCUT2D eigenvalue weighted by Gasteiger charge is -2.39. The van der Waals surface area contributed by atoms with Gasteiger partial charge in [0.15, 0.2) is 0 Å². The molecular weight excluding hydrogens is 290 g/mol. The lowest BCUT2D eigenvalue weighted by molar-refractivity contribution is -1.73. The van der Waals surface area contributed by atoms with Crippen LogP contribution in [0, 0.1) is 10.8 Å². The van der Waals surface area contributed by atoms with Gasteiger partial charge in [-0.2, -0.15) is 0 Å². The van der Waals surface area contributed by atoms with Crippen molar-refractivity contribution in [2.24, 2.45) is 0 Å². The van der Waals surface area contributed by atoms with E-state index >= 15 is 0 Å². The molecule has 0 unspecified atom stereocenters. The number of halogens is 1. The molecule has 0 aromatic rings. The third-order valence-corrected chi connectivity index (χ3v) is 3.94. The molecule has 0 aliphatic carbocycles. The third-order valence-electron chi connectivity index (χ3n) is 3.94. The molecule has 21 heavy (non-hydrogen) atoms. The first-order valence-corrected chi connectivity index (χ1v) is 9.48. The molecule has 0 aromatic heterocycles. The SMILES string of the molecule is CCCC[N+](CCCC)(CCCC)CCCC.[O-][Cl+2]([O-])[O-]. The van der Waals surface area contributed by atoms with Crippen molar-refractivity contribution in [2.75, 3.05) is 26.2 Å². The summed E-state index contributed by atoms with van der Waals surface area (Å²) in [5.74, 6) is 0. The van der Waals surface area contributed by atoms with E-state index in [9.17, 15) is 0 Å². The van der Waals surface area contributed by atoms with Crippen LogP contribution < -0.4 is 14.0 Å². The largest absolute Gasteiger partial charge is 0.357 e. The fourth-order valence-electron chi connectivity index (χ4n) is 2.64. The summed E-state index contributed by atoms with van der Waals surface area (Å²) >= 11 is 0. The first-order chi connectivity index (χ1) is 9.97. The summed E-state index contributed by atoms with van der Waals surface area (Å²) in [5, 5.41) is 0. The molecule has 0 radical (unpaired) electrons. The Morgan fingerprint density at radius 3 is 0.905 bits per heavy atom. The molecule has 0 aliphatic heterocycles. The number of hydrogen-bond donors (Lipinski definition) is 0. The predicted molar refractivity (Wildman–Crippen MR) is 79.4 cm³/mol. The number of quaternary nitrogens is 1. The molecule has 0 bridgehead atoms. The van der Waals surface area contributed by atoms with Crippen molar-refractivity contribution in [1.29, 1.82) is 0 Å². The smallest absolute Gasteiger partial charge is 0.0786 e. The minimum atomic E-state index is -2.85. The Bertz CT molecular complexity index is 164. The number of hydrogen-bond acceptors (Lipinski definition) is 3. The van der Waals surface area contributed by atoms with Gasteiger partial charge in [0.1, 0.15) is 0 Å². The Hall–Kier alpha value is 0.130. The van der Waals surface area contributed by atoms with Gasteiger partial charge >= 0.3 is 0 Å². The van der Waals surface area contributed by atoms with E-state index in [2.05, 4.69) is 27.7 Å². The highest BCUT2D eigenvalue weighted by atomic mass is 35.6. The molecule has 0 rings (SSSR count). The molecule has 0 saturated carbocycles. The lowest BCUT2D eigenvalue weighted by Crippen LogP contribution is -2.50. The van der Waals surface area contributed by atoms with Crippen LogP contribution in [0.25, 0.3) is 0 Å². The van der Waals surface area contributed by atoms with Crippen molar-refractivity contribution in [3.8, 4) is 0 Å². The first-order valence-electron chi connectivity index (χ1n) is 8.56. The van der Waals surface area contributed by atoms with Gasteiger partial charge in [-0.15, -0.1) is 0 Å². The van der Waals surface area contributed by atoms with Crippen molar-refractivity contribution in [3.05, 3.63) is 0 Å². The third kappa shape index (κ3) is 16.3. The molecule has 4 nitrogen and oxygen atoms in total. The van der Waals surface area contributed by atoms with Gasteiger partial charge in [0.05, 0.1) is 37.0 Å². The zero-order valence-corrected chi connectivity index (χ0v) is 15.3. The van der Waals surface area contributed by atoms with Gasteiger partial charge in [0, 0.05) is 0 Å². The van der Waals surface area contributed by atoms with Gasteiger partial charge in [-0.25, -0.2) is 0 Å². The van der Waals surface area contributed by atoms with E-state index in [4.69, 9.17) is 14.0 Å². The van der Waals surface area contributed by atoms with Crippen LogP contribution in [0.3, 0.4) is 0 Å². The lowest BCUT2D eigenvalue weighted by atomic mass is 10.1. The average molecular weight is 326 g/mol. The van der Waals surface area contributed by atoms with Gasteiger partial charge in [-0.1, -0.05) is 53.4 Å². The van der Waals surface area contributed by atoms with Gasteiger partial charge in [-0.05, 0) is 25.7 Å². The van der Waals surface area contributed by atoms with Crippen molar-refractivity contribution in [2.45, 2.75) is 79.1 Å². The Morgan fingerprint density at radius 2 is 0.762 bits per heavy atom. The molecule has 0 fully saturated rings. The second kappa shape index (κ2) is 16.5. The van der Waals surface area contributed by atoms with Gasteiger partial charge < -0.3 is 18.5 Å². The Balaban J connectivity index is 0. The highest BCUT2D eigenvalue weighted by Gasteiger charge is 2.24. The van der Waals surface area contributed by atoms with E-state index in [1.807, 2.05) is 0 Å². The van der Waals surface area contributed by atoms with Crippen LogP contribution in [0.2, 0.25) is 0 Å². The minimum absolute atomic E-state index is 1.35. The monoisotopic (exact) mass is 325 g/mol. The first kappa shape index (κ1) is 23.4. The number of unbranched alkanes of at least 4 members (excludes halogenated alkanes) is 4. The molecular formula is C16H36ClNO3. The number of nitrogens with zero attached hydrogens (tertiary/aromatic N) is 1. The average Bonchev–Trinajstić information content (AvgIpc) is 2.45. The summed E-state index contributed by atoms with van der Waals surface area (Å²) in [6, 6.07) is 0. The van der Waals surface area contributed by atoms with Crippen LogP contribution in [0.4, 0.5) is 0 Å².